The van der Waals surface area contributed by atoms with Gasteiger partial charge in [0.2, 0.25) is 11.5 Å². The minimum absolute atomic E-state index is 0.157. The number of carbonyl (C=O) groups is 2. The molecule has 1 aliphatic heterocycles. The molecule has 0 radical (unpaired) electrons. The van der Waals surface area contributed by atoms with E-state index in [1.165, 1.54) is 42.7 Å². The van der Waals surface area contributed by atoms with E-state index in [2.05, 4.69) is 11.8 Å². The van der Waals surface area contributed by atoms with Crippen molar-refractivity contribution in [1.82, 2.24) is 4.90 Å². The lowest BCUT2D eigenvalue weighted by Gasteiger charge is -2.68. The SMILES string of the molecule is CCN1C[C@]2(COC)CC[C@H](OC(=O)c3cc(OC)c(OC)c(OC)c3)[C@]34C1[C@H]([C@H](OC)[C@H]23)[C@@]1(O)C[C@H](OC)[C@H]2C[C@@H]4[C@@H]1[C@H]2OC(=O)c1cc(OC)c(OC)c(OC)c1. The van der Waals surface area contributed by atoms with Crippen molar-refractivity contribution in [3.8, 4) is 34.5 Å². The highest BCUT2D eigenvalue weighted by molar-refractivity contribution is 5.92. The Morgan fingerprint density at radius 1 is 0.746 bits per heavy atom. The van der Waals surface area contributed by atoms with Crippen molar-refractivity contribution < 1.29 is 66.8 Å². The summed E-state index contributed by atoms with van der Waals surface area (Å²) in [5, 5.41) is 13.7. The van der Waals surface area contributed by atoms with E-state index in [-0.39, 0.29) is 40.3 Å². The number of benzene rings is 2. The molecule has 2 aromatic rings. The van der Waals surface area contributed by atoms with Crippen LogP contribution in [0, 0.1) is 40.4 Å². The molecule has 15 nitrogen and oxygen atoms in total. The number of aliphatic hydroxyl groups is 1. The van der Waals surface area contributed by atoms with Gasteiger partial charge in [-0.2, -0.15) is 0 Å². The Morgan fingerprint density at radius 2 is 1.31 bits per heavy atom. The normalized spacial score (nSPS) is 37.3. The molecule has 1 spiro atoms. The van der Waals surface area contributed by atoms with Gasteiger partial charge in [-0.25, -0.2) is 9.59 Å². The molecule has 15 heteroatoms. The van der Waals surface area contributed by atoms with Crippen LogP contribution in [0.4, 0.5) is 0 Å². The molecule has 1 saturated heterocycles. The average molecular weight is 826 g/mol. The molecule has 0 amide bonds. The predicted octanol–water partition coefficient (Wildman–Crippen LogP) is 4.28. The zero-order valence-corrected chi connectivity index (χ0v) is 35.7. The maximum atomic E-state index is 14.6. The number of methoxy groups -OCH3 is 9. The summed E-state index contributed by atoms with van der Waals surface area (Å²) >= 11 is 0. The van der Waals surface area contributed by atoms with E-state index < -0.39 is 59.2 Å². The lowest BCUT2D eigenvalue weighted by molar-refractivity contribution is -0.271. The summed E-state index contributed by atoms with van der Waals surface area (Å²) in [6, 6.07) is 6.14. The molecular weight excluding hydrogens is 766 g/mol. The molecule has 59 heavy (non-hydrogen) atoms. The molecule has 5 aliphatic carbocycles. The summed E-state index contributed by atoms with van der Waals surface area (Å²) in [6.45, 7) is 4.08. The molecule has 324 valence electrons. The number of rotatable bonds is 15. The Morgan fingerprint density at radius 3 is 1.78 bits per heavy atom. The third-order valence-corrected chi connectivity index (χ3v) is 15.4. The van der Waals surface area contributed by atoms with Crippen LogP contribution in [-0.2, 0) is 23.7 Å². The monoisotopic (exact) mass is 825 g/mol. The van der Waals surface area contributed by atoms with Gasteiger partial charge in [0.25, 0.3) is 0 Å². The van der Waals surface area contributed by atoms with Crippen LogP contribution in [0.2, 0.25) is 0 Å². The maximum Gasteiger partial charge on any atom is 0.338 e. The Bertz CT molecular complexity index is 1890. The first-order valence-corrected chi connectivity index (χ1v) is 20.5. The van der Waals surface area contributed by atoms with Gasteiger partial charge in [0.15, 0.2) is 23.0 Å². The molecular formula is C44H59NO14. The van der Waals surface area contributed by atoms with E-state index in [1.54, 1.807) is 45.6 Å². The summed E-state index contributed by atoms with van der Waals surface area (Å²) < 4.78 is 65.9. The fourth-order valence-electron chi connectivity index (χ4n) is 13.7. The quantitative estimate of drug-likeness (QED) is 0.254. The molecule has 6 fully saturated rings. The Balaban J connectivity index is 1.27. The summed E-state index contributed by atoms with van der Waals surface area (Å²) in [5.41, 5.74) is -1.99. The minimum Gasteiger partial charge on any atom is -0.493 e. The first kappa shape index (κ1) is 41.7. The summed E-state index contributed by atoms with van der Waals surface area (Å²) in [6.07, 6.45) is 0.0496. The zero-order valence-electron chi connectivity index (χ0n) is 35.7. The molecule has 13 atom stereocenters. The topological polar surface area (TPSA) is 159 Å². The van der Waals surface area contributed by atoms with Gasteiger partial charge in [-0.05, 0) is 56.0 Å². The fraction of sp³-hybridized carbons (Fsp3) is 0.682. The first-order valence-electron chi connectivity index (χ1n) is 20.5. The van der Waals surface area contributed by atoms with E-state index in [0.717, 1.165) is 13.0 Å². The van der Waals surface area contributed by atoms with Gasteiger partial charge >= 0.3 is 11.9 Å². The highest BCUT2D eigenvalue weighted by Gasteiger charge is 2.87. The third kappa shape index (κ3) is 5.70. The number of hydrogen-bond acceptors (Lipinski definition) is 15. The molecule has 0 aromatic heterocycles. The largest absolute Gasteiger partial charge is 0.493 e. The number of carbonyl (C=O) groups excluding carboxylic acids is 2. The molecule has 1 unspecified atom stereocenters. The van der Waals surface area contributed by atoms with Gasteiger partial charge < -0.3 is 57.2 Å². The number of nitrogens with zero attached hydrogens (tertiary/aromatic N) is 1. The number of fused-ring (bicyclic) bond motifs is 2. The summed E-state index contributed by atoms with van der Waals surface area (Å²) in [5.74, 6) is -0.711. The second-order valence-corrected chi connectivity index (χ2v) is 17.1. The van der Waals surface area contributed by atoms with Crippen molar-refractivity contribution in [1.29, 1.82) is 0 Å². The van der Waals surface area contributed by atoms with Gasteiger partial charge in [-0.15, -0.1) is 0 Å². The van der Waals surface area contributed by atoms with Crippen LogP contribution < -0.4 is 28.4 Å². The number of likely N-dealkylation sites (tertiary alicyclic amines) is 1. The molecule has 8 rings (SSSR count). The van der Waals surface area contributed by atoms with E-state index in [1.807, 2.05) is 0 Å². The van der Waals surface area contributed by atoms with Gasteiger partial charge in [0, 0.05) is 74.8 Å². The number of piperidine rings is 1. The highest BCUT2D eigenvalue weighted by Crippen LogP contribution is 2.79. The maximum absolute atomic E-state index is 14.6. The fourth-order valence-corrected chi connectivity index (χ4v) is 13.7. The molecule has 2 aromatic carbocycles. The predicted molar refractivity (Wildman–Crippen MR) is 211 cm³/mol. The van der Waals surface area contributed by atoms with E-state index >= 15 is 0 Å². The van der Waals surface area contributed by atoms with Crippen LogP contribution in [-0.4, -0.2) is 142 Å². The standard InChI is InChI=1S/C44H59NO14/c1-11-45-20-42(21-49-2)13-12-31(58-40(46)22-14-26(50-3)35(55-8)27(15-22)51-4)44-25-18-24-30(54-7)19-43(48,33(39(44)45)37(57-10)38(42)44)32(25)34(24)59-41(47)23-16-28(52-5)36(56-9)29(17-23)53-6/h14-17,24-25,30-34,37-39,48H,11-13,18-21H2,1-10H3/t24-,25-,30+,31+,32-,33+,34+,37+,38-,39?,42+,43-,44+/m1/s1. The van der Waals surface area contributed by atoms with Crippen LogP contribution in [0.3, 0.4) is 0 Å². The first-order chi connectivity index (χ1) is 28.4. The van der Waals surface area contributed by atoms with E-state index in [9.17, 15) is 14.7 Å². The lowest BCUT2D eigenvalue weighted by atomic mass is 9.43. The van der Waals surface area contributed by atoms with Gasteiger partial charge in [0.1, 0.15) is 12.2 Å². The van der Waals surface area contributed by atoms with Crippen LogP contribution in [0.1, 0.15) is 53.3 Å². The summed E-state index contributed by atoms with van der Waals surface area (Å²) in [4.78, 5) is 31.5. The average Bonchev–Trinajstić information content (AvgIpc) is 3.69. The number of ether oxygens (including phenoxy) is 11. The molecule has 7 bridgehead atoms. The van der Waals surface area contributed by atoms with Crippen LogP contribution in [0.25, 0.3) is 0 Å². The van der Waals surface area contributed by atoms with Crippen molar-refractivity contribution in [3.63, 3.8) is 0 Å². The number of hydrogen-bond donors (Lipinski definition) is 1. The lowest BCUT2D eigenvalue weighted by Crippen LogP contribution is -2.76. The second kappa shape index (κ2) is 15.5. The van der Waals surface area contributed by atoms with Crippen LogP contribution in [0.15, 0.2) is 24.3 Å². The Hall–Kier alpha value is -4.02. The molecule has 5 saturated carbocycles. The zero-order chi connectivity index (χ0) is 42.2. The second-order valence-electron chi connectivity index (χ2n) is 17.1. The Kier molecular flexibility index (Phi) is 10.9. The Labute approximate surface area is 345 Å². The molecule has 1 N–H and O–H groups in total. The van der Waals surface area contributed by atoms with Crippen molar-refractivity contribution in [3.05, 3.63) is 35.4 Å². The van der Waals surface area contributed by atoms with Crippen LogP contribution >= 0.6 is 0 Å². The molecule has 1 heterocycles. The third-order valence-electron chi connectivity index (χ3n) is 15.4. The highest BCUT2D eigenvalue weighted by atomic mass is 16.6. The minimum atomic E-state index is -1.37. The number of esters is 2. The van der Waals surface area contributed by atoms with Crippen molar-refractivity contribution in [2.45, 2.75) is 68.7 Å². The van der Waals surface area contributed by atoms with Crippen LogP contribution in [0.5, 0.6) is 34.5 Å². The van der Waals surface area contributed by atoms with E-state index in [0.29, 0.717) is 66.9 Å². The smallest absolute Gasteiger partial charge is 0.338 e. The van der Waals surface area contributed by atoms with Gasteiger partial charge in [-0.1, -0.05) is 6.92 Å². The van der Waals surface area contributed by atoms with Gasteiger partial charge in [0.05, 0.1) is 78.2 Å². The molecule has 6 aliphatic rings. The van der Waals surface area contributed by atoms with Gasteiger partial charge in [-0.3, -0.25) is 4.90 Å². The summed E-state index contributed by atoms with van der Waals surface area (Å²) in [7, 11) is 14.1. The van der Waals surface area contributed by atoms with E-state index in [4.69, 9.17) is 52.1 Å². The van der Waals surface area contributed by atoms with Crippen molar-refractivity contribution in [2.75, 3.05) is 83.7 Å². The van der Waals surface area contributed by atoms with Crippen molar-refractivity contribution in [2.24, 2.45) is 40.4 Å². The van der Waals surface area contributed by atoms with Crippen molar-refractivity contribution >= 4 is 11.9 Å².